The number of halogens is 1. The fourth-order valence-electron chi connectivity index (χ4n) is 3.58. The van der Waals surface area contributed by atoms with Gasteiger partial charge in [0.05, 0.1) is 0 Å². The van der Waals surface area contributed by atoms with E-state index in [9.17, 15) is 4.39 Å². The van der Waals surface area contributed by atoms with Gasteiger partial charge in [0.25, 0.3) is 0 Å². The first kappa shape index (κ1) is 13.1. The molecular weight excluding hydrogens is 239 g/mol. The van der Waals surface area contributed by atoms with Gasteiger partial charge in [-0.15, -0.1) is 0 Å². The third-order valence-corrected chi connectivity index (χ3v) is 4.59. The van der Waals surface area contributed by atoms with Gasteiger partial charge in [-0.25, -0.2) is 4.39 Å². The van der Waals surface area contributed by atoms with Gasteiger partial charge < -0.3 is 5.32 Å². The van der Waals surface area contributed by atoms with Crippen LogP contribution in [0.2, 0.25) is 0 Å². The van der Waals surface area contributed by atoms with Crippen molar-refractivity contribution in [3.8, 4) is 0 Å². The molecule has 2 fully saturated rings. The van der Waals surface area contributed by atoms with E-state index in [4.69, 9.17) is 0 Å². The molecule has 1 saturated heterocycles. The highest BCUT2D eigenvalue weighted by Crippen LogP contribution is 2.44. The van der Waals surface area contributed by atoms with Crippen LogP contribution >= 0.6 is 0 Å². The Hall–Kier alpha value is -0.930. The Kier molecular flexibility index (Phi) is 3.59. The molecule has 1 saturated carbocycles. The number of nitrogens with zero attached hydrogens (tertiary/aromatic N) is 1. The molecule has 3 rings (SSSR count). The molecule has 2 unspecified atom stereocenters. The van der Waals surface area contributed by atoms with Crippen LogP contribution in [-0.4, -0.2) is 31.1 Å². The van der Waals surface area contributed by atoms with Crippen LogP contribution in [-0.2, 0) is 0 Å². The smallest absolute Gasteiger partial charge is 0.123 e. The van der Waals surface area contributed by atoms with Crippen molar-refractivity contribution in [1.29, 1.82) is 0 Å². The van der Waals surface area contributed by atoms with Gasteiger partial charge in [0.2, 0.25) is 0 Å². The summed E-state index contributed by atoms with van der Waals surface area (Å²) in [5.74, 6) is 0.525. The van der Waals surface area contributed by atoms with Crippen LogP contribution in [0.15, 0.2) is 18.2 Å². The van der Waals surface area contributed by atoms with Gasteiger partial charge in [0.1, 0.15) is 5.82 Å². The van der Waals surface area contributed by atoms with Crippen LogP contribution in [0.1, 0.15) is 36.4 Å². The predicted octanol–water partition coefficient (Wildman–Crippen LogP) is 2.88. The summed E-state index contributed by atoms with van der Waals surface area (Å²) in [5.41, 5.74) is 2.42. The topological polar surface area (TPSA) is 15.3 Å². The Bertz CT molecular complexity index is 456. The number of likely N-dealkylation sites (tertiary alicyclic amines) is 1. The highest BCUT2D eigenvalue weighted by Gasteiger charge is 2.42. The summed E-state index contributed by atoms with van der Waals surface area (Å²) in [6.45, 7) is 4.28. The number of rotatable bonds is 4. The number of hydrogen-bond donors (Lipinski definition) is 1. The van der Waals surface area contributed by atoms with Gasteiger partial charge in [-0.3, -0.25) is 4.90 Å². The lowest BCUT2D eigenvalue weighted by molar-refractivity contribution is 0.216. The van der Waals surface area contributed by atoms with E-state index in [1.165, 1.54) is 31.4 Å². The fraction of sp³-hybridized carbons (Fsp3) is 0.625. The van der Waals surface area contributed by atoms with Crippen LogP contribution in [0.4, 0.5) is 4.39 Å². The van der Waals surface area contributed by atoms with Crippen LogP contribution < -0.4 is 5.32 Å². The van der Waals surface area contributed by atoms with Gasteiger partial charge in [0.15, 0.2) is 0 Å². The second-order valence-corrected chi connectivity index (χ2v) is 6.02. The molecule has 3 heteroatoms. The van der Waals surface area contributed by atoms with Gasteiger partial charge in [0, 0.05) is 12.1 Å². The zero-order valence-electron chi connectivity index (χ0n) is 11.8. The molecule has 0 aromatic heterocycles. The summed E-state index contributed by atoms with van der Waals surface area (Å²) >= 11 is 0. The molecule has 1 heterocycles. The third kappa shape index (κ3) is 2.54. The van der Waals surface area contributed by atoms with E-state index in [2.05, 4.69) is 10.2 Å². The molecule has 0 spiro atoms. The summed E-state index contributed by atoms with van der Waals surface area (Å²) < 4.78 is 13.3. The Balaban J connectivity index is 1.91. The molecule has 1 aromatic carbocycles. The van der Waals surface area contributed by atoms with Gasteiger partial charge in [-0.05, 0) is 75.5 Å². The van der Waals surface area contributed by atoms with Crippen LogP contribution in [0.5, 0.6) is 0 Å². The maximum atomic E-state index is 13.3. The van der Waals surface area contributed by atoms with E-state index in [1.807, 2.05) is 20.0 Å². The lowest BCUT2D eigenvalue weighted by Crippen LogP contribution is -2.31. The molecule has 104 valence electrons. The standard InChI is InChI=1S/C16H23FN2/c1-11-9-13(17)3-6-15(11)16-12(10-18-2)7-8-19(16)14-4-5-14/h3,6,9,12,14,16,18H,4-5,7-8,10H2,1-2H3. The van der Waals surface area contributed by atoms with E-state index < -0.39 is 0 Å². The number of benzene rings is 1. The molecule has 2 atom stereocenters. The average molecular weight is 262 g/mol. The van der Waals surface area contributed by atoms with E-state index in [1.54, 1.807) is 12.1 Å². The quantitative estimate of drug-likeness (QED) is 0.897. The Morgan fingerprint density at radius 3 is 2.74 bits per heavy atom. The normalized spacial score (nSPS) is 27.9. The molecule has 0 amide bonds. The van der Waals surface area contributed by atoms with Crippen LogP contribution in [0.25, 0.3) is 0 Å². The van der Waals surface area contributed by atoms with Crippen molar-refractivity contribution in [2.24, 2.45) is 5.92 Å². The van der Waals surface area contributed by atoms with Crippen molar-refractivity contribution in [2.45, 2.75) is 38.3 Å². The van der Waals surface area contributed by atoms with E-state index in [0.29, 0.717) is 12.0 Å². The van der Waals surface area contributed by atoms with E-state index in [-0.39, 0.29) is 5.82 Å². The van der Waals surface area contributed by atoms with E-state index >= 15 is 0 Å². The molecule has 2 aliphatic rings. The zero-order valence-corrected chi connectivity index (χ0v) is 11.8. The SMILES string of the molecule is CNCC1CCN(C2CC2)C1c1ccc(F)cc1C. The molecule has 0 bridgehead atoms. The Morgan fingerprint density at radius 1 is 1.32 bits per heavy atom. The second kappa shape index (κ2) is 5.22. The van der Waals surface area contributed by atoms with Crippen molar-refractivity contribution < 1.29 is 4.39 Å². The highest BCUT2D eigenvalue weighted by molar-refractivity contribution is 5.31. The summed E-state index contributed by atoms with van der Waals surface area (Å²) in [5, 5.41) is 3.32. The van der Waals surface area contributed by atoms with Gasteiger partial charge in [-0.2, -0.15) is 0 Å². The molecule has 1 aliphatic heterocycles. The minimum Gasteiger partial charge on any atom is -0.319 e. The van der Waals surface area contributed by atoms with Crippen molar-refractivity contribution in [3.63, 3.8) is 0 Å². The number of aryl methyl sites for hydroxylation is 1. The van der Waals surface area contributed by atoms with Crippen molar-refractivity contribution in [1.82, 2.24) is 10.2 Å². The van der Waals surface area contributed by atoms with E-state index in [0.717, 1.165) is 18.2 Å². The molecule has 2 nitrogen and oxygen atoms in total. The minimum atomic E-state index is -0.123. The molecule has 0 radical (unpaired) electrons. The zero-order chi connectivity index (χ0) is 13.4. The van der Waals surface area contributed by atoms with Crippen molar-refractivity contribution in [3.05, 3.63) is 35.1 Å². The lowest BCUT2D eigenvalue weighted by Gasteiger charge is -2.30. The summed E-state index contributed by atoms with van der Waals surface area (Å²) in [4.78, 5) is 2.66. The fourth-order valence-corrected chi connectivity index (χ4v) is 3.58. The van der Waals surface area contributed by atoms with Gasteiger partial charge >= 0.3 is 0 Å². The largest absolute Gasteiger partial charge is 0.319 e. The van der Waals surface area contributed by atoms with Crippen LogP contribution in [0, 0.1) is 18.7 Å². The number of nitrogens with one attached hydrogen (secondary N) is 1. The molecular formula is C16H23FN2. The Morgan fingerprint density at radius 2 is 2.11 bits per heavy atom. The average Bonchev–Trinajstić information content (AvgIpc) is 3.13. The molecule has 19 heavy (non-hydrogen) atoms. The van der Waals surface area contributed by atoms with Crippen LogP contribution in [0.3, 0.4) is 0 Å². The monoisotopic (exact) mass is 262 g/mol. The molecule has 1 aromatic rings. The minimum absolute atomic E-state index is 0.123. The first-order valence-electron chi connectivity index (χ1n) is 7.37. The summed E-state index contributed by atoms with van der Waals surface area (Å²) in [6, 6.07) is 6.53. The Labute approximate surface area is 115 Å². The first-order valence-corrected chi connectivity index (χ1v) is 7.37. The van der Waals surface area contributed by atoms with Crippen molar-refractivity contribution >= 4 is 0 Å². The highest BCUT2D eigenvalue weighted by atomic mass is 19.1. The molecule has 1 aliphatic carbocycles. The lowest BCUT2D eigenvalue weighted by atomic mass is 9.90. The third-order valence-electron chi connectivity index (χ3n) is 4.59. The summed E-state index contributed by atoms with van der Waals surface area (Å²) in [7, 11) is 2.02. The maximum Gasteiger partial charge on any atom is 0.123 e. The summed E-state index contributed by atoms with van der Waals surface area (Å²) in [6.07, 6.45) is 3.92. The predicted molar refractivity (Wildman–Crippen MR) is 75.6 cm³/mol. The first-order chi connectivity index (χ1) is 9.20. The molecule has 1 N–H and O–H groups in total. The maximum absolute atomic E-state index is 13.3. The van der Waals surface area contributed by atoms with Gasteiger partial charge in [-0.1, -0.05) is 6.07 Å². The van der Waals surface area contributed by atoms with Crippen molar-refractivity contribution in [2.75, 3.05) is 20.1 Å². The second-order valence-electron chi connectivity index (χ2n) is 6.02. The number of hydrogen-bond acceptors (Lipinski definition) is 2.